The summed E-state index contributed by atoms with van der Waals surface area (Å²) >= 11 is 5.86. The summed E-state index contributed by atoms with van der Waals surface area (Å²) in [6.07, 6.45) is -0.543. The number of hydrogen-bond donors (Lipinski definition) is 4. The van der Waals surface area contributed by atoms with Crippen LogP contribution in [-0.2, 0) is 23.5 Å². The maximum absolute atomic E-state index is 13.4. The van der Waals surface area contributed by atoms with E-state index in [1.165, 1.54) is 0 Å². The fraction of sp³-hybridized carbons (Fsp3) is 0.310. The minimum atomic E-state index is -0.926. The summed E-state index contributed by atoms with van der Waals surface area (Å²) in [5, 5.41) is 27.1. The van der Waals surface area contributed by atoms with E-state index in [1.807, 2.05) is 60.7 Å². The first-order chi connectivity index (χ1) is 17.4. The molecule has 36 heavy (non-hydrogen) atoms. The highest BCUT2D eigenvalue weighted by atomic mass is 35.5. The molecule has 3 aromatic carbocycles. The van der Waals surface area contributed by atoms with Crippen LogP contribution in [0.2, 0.25) is 0 Å². The number of hydrogen-bond acceptors (Lipinski definition) is 4. The summed E-state index contributed by atoms with van der Waals surface area (Å²) in [4.78, 5) is 25.9. The maximum Gasteiger partial charge on any atom is 0.251 e. The Labute approximate surface area is 216 Å². The average Bonchev–Trinajstić information content (AvgIpc) is 3.22. The van der Waals surface area contributed by atoms with Gasteiger partial charge in [0, 0.05) is 30.3 Å². The predicted molar refractivity (Wildman–Crippen MR) is 140 cm³/mol. The van der Waals surface area contributed by atoms with Crippen molar-refractivity contribution in [3.8, 4) is 0 Å². The maximum atomic E-state index is 13.4. The summed E-state index contributed by atoms with van der Waals surface area (Å²) < 4.78 is 0. The van der Waals surface area contributed by atoms with Crippen molar-refractivity contribution >= 4 is 23.4 Å². The van der Waals surface area contributed by atoms with Crippen LogP contribution in [0.3, 0.4) is 0 Å². The van der Waals surface area contributed by atoms with E-state index in [2.05, 4.69) is 10.6 Å². The van der Waals surface area contributed by atoms with E-state index in [9.17, 15) is 19.8 Å². The molecule has 7 heteroatoms. The van der Waals surface area contributed by atoms with Crippen LogP contribution in [0.25, 0.3) is 0 Å². The Kier molecular flexibility index (Phi) is 8.75. The summed E-state index contributed by atoms with van der Waals surface area (Å²) in [7, 11) is 0. The number of aliphatic hydroxyl groups is 2. The molecule has 6 nitrogen and oxygen atoms in total. The Bertz CT molecular complexity index is 1190. The van der Waals surface area contributed by atoms with Gasteiger partial charge in [0.05, 0.1) is 18.2 Å². The molecule has 0 saturated carbocycles. The summed E-state index contributed by atoms with van der Waals surface area (Å²) in [5.74, 6) is -0.783. The van der Waals surface area contributed by atoms with E-state index in [0.717, 1.165) is 22.3 Å². The second kappa shape index (κ2) is 12.2. The van der Waals surface area contributed by atoms with Gasteiger partial charge in [-0.05, 0) is 47.2 Å². The fourth-order valence-electron chi connectivity index (χ4n) is 4.72. The Morgan fingerprint density at radius 3 is 2.47 bits per heavy atom. The van der Waals surface area contributed by atoms with E-state index in [1.54, 1.807) is 18.2 Å². The Morgan fingerprint density at radius 1 is 0.972 bits per heavy atom. The predicted octanol–water partition coefficient (Wildman–Crippen LogP) is 3.54. The van der Waals surface area contributed by atoms with Gasteiger partial charge in [0.25, 0.3) is 5.91 Å². The molecule has 0 spiro atoms. The van der Waals surface area contributed by atoms with Crippen LogP contribution in [0, 0.1) is 5.92 Å². The van der Waals surface area contributed by atoms with Crippen LogP contribution >= 0.6 is 11.6 Å². The molecule has 4 rings (SSSR count). The van der Waals surface area contributed by atoms with Gasteiger partial charge in [-0.25, -0.2) is 0 Å². The zero-order valence-electron chi connectivity index (χ0n) is 19.9. The molecule has 188 valence electrons. The lowest BCUT2D eigenvalue weighted by Crippen LogP contribution is -2.41. The lowest BCUT2D eigenvalue weighted by molar-refractivity contribution is -0.127. The monoisotopic (exact) mass is 506 g/mol. The van der Waals surface area contributed by atoms with E-state index in [-0.39, 0.29) is 24.8 Å². The molecule has 0 radical (unpaired) electrons. The molecule has 1 aliphatic carbocycles. The van der Waals surface area contributed by atoms with Gasteiger partial charge in [-0.15, -0.1) is 11.6 Å². The zero-order chi connectivity index (χ0) is 25.5. The normalized spacial score (nSPS) is 18.2. The largest absolute Gasteiger partial charge is 0.391 e. The van der Waals surface area contributed by atoms with Gasteiger partial charge in [0.15, 0.2) is 0 Å². The molecule has 4 N–H and O–H groups in total. The third kappa shape index (κ3) is 6.52. The van der Waals surface area contributed by atoms with Crippen molar-refractivity contribution in [3.05, 3.63) is 107 Å². The second-order valence-corrected chi connectivity index (χ2v) is 9.54. The van der Waals surface area contributed by atoms with Crippen LogP contribution in [0.1, 0.15) is 45.1 Å². The Hall–Kier alpha value is -3.19. The van der Waals surface area contributed by atoms with Crippen LogP contribution in [0.4, 0.5) is 0 Å². The molecule has 0 bridgehead atoms. The average molecular weight is 507 g/mol. The van der Waals surface area contributed by atoms with Gasteiger partial charge < -0.3 is 20.8 Å². The highest BCUT2D eigenvalue weighted by molar-refractivity contribution is 6.17. The number of fused-ring (bicyclic) bond motifs is 1. The lowest BCUT2D eigenvalue weighted by Gasteiger charge is -2.24. The van der Waals surface area contributed by atoms with E-state index < -0.39 is 24.2 Å². The number of benzene rings is 3. The first-order valence-electron chi connectivity index (χ1n) is 12.2. The second-order valence-electron chi connectivity index (χ2n) is 9.28. The van der Waals surface area contributed by atoms with Gasteiger partial charge in [-0.3, -0.25) is 9.59 Å². The fourth-order valence-corrected chi connectivity index (χ4v) is 4.89. The van der Waals surface area contributed by atoms with Crippen LogP contribution in [0.15, 0.2) is 78.9 Å². The van der Waals surface area contributed by atoms with Crippen molar-refractivity contribution < 1.29 is 19.8 Å². The molecule has 4 atom stereocenters. The number of alkyl halides is 1. The Morgan fingerprint density at radius 2 is 1.69 bits per heavy atom. The van der Waals surface area contributed by atoms with E-state index in [0.29, 0.717) is 24.3 Å². The van der Waals surface area contributed by atoms with E-state index >= 15 is 0 Å². The molecular formula is C29H31ClN2O4. The Balaban J connectivity index is 1.42. The molecule has 1 aliphatic rings. The zero-order valence-corrected chi connectivity index (χ0v) is 20.7. The van der Waals surface area contributed by atoms with E-state index in [4.69, 9.17) is 11.6 Å². The summed E-state index contributed by atoms with van der Waals surface area (Å²) in [6, 6.07) is 23.8. The van der Waals surface area contributed by atoms with Crippen molar-refractivity contribution in [2.24, 2.45) is 5.92 Å². The number of carbonyl (C=O) groups excluding carboxylic acids is 2. The number of carbonyl (C=O) groups is 2. The standard InChI is InChI=1S/C29H31ClN2O4/c30-17-20-9-6-11-22(14-20)28(35)31-18-24(33)15-23(13-19-7-2-1-3-8-19)29(36)32-27-25-12-5-4-10-21(25)16-26(27)34/h1-12,14,23-24,26-27,33-34H,13,15-18H2,(H,31,35)(H,32,36)/t23-,24+,26-,27+/m1/s1. The minimum absolute atomic E-state index is 0.0113. The first kappa shape index (κ1) is 25.9. The third-order valence-corrected chi connectivity index (χ3v) is 6.90. The van der Waals surface area contributed by atoms with Crippen molar-refractivity contribution in [3.63, 3.8) is 0 Å². The molecule has 0 saturated heterocycles. The number of rotatable bonds is 10. The molecule has 0 aromatic heterocycles. The summed E-state index contributed by atoms with van der Waals surface area (Å²) in [5.41, 5.74) is 4.21. The molecule has 0 aliphatic heterocycles. The topological polar surface area (TPSA) is 98.7 Å². The van der Waals surface area contributed by atoms with Crippen LogP contribution in [-0.4, -0.2) is 40.8 Å². The van der Waals surface area contributed by atoms with Crippen molar-refractivity contribution in [1.29, 1.82) is 0 Å². The third-order valence-electron chi connectivity index (χ3n) is 6.60. The quantitative estimate of drug-likeness (QED) is 0.316. The SMILES string of the molecule is O=C(NC[C@@H](O)C[C@@H](Cc1ccccc1)C(=O)N[C@H]1c2ccccc2C[C@H]1O)c1cccc(CCl)c1. The van der Waals surface area contributed by atoms with Gasteiger partial charge >= 0.3 is 0 Å². The molecule has 0 heterocycles. The first-order valence-corrected chi connectivity index (χ1v) is 12.7. The van der Waals surface area contributed by atoms with Crippen molar-refractivity contribution in [2.75, 3.05) is 6.54 Å². The highest BCUT2D eigenvalue weighted by Crippen LogP contribution is 2.32. The van der Waals surface area contributed by atoms with Gasteiger partial charge in [0.1, 0.15) is 0 Å². The van der Waals surface area contributed by atoms with Gasteiger partial charge in [-0.2, -0.15) is 0 Å². The number of amides is 2. The van der Waals surface area contributed by atoms with Gasteiger partial charge in [0.2, 0.25) is 5.91 Å². The number of nitrogens with one attached hydrogen (secondary N) is 2. The molecule has 3 aromatic rings. The van der Waals surface area contributed by atoms with Crippen molar-refractivity contribution in [1.82, 2.24) is 10.6 Å². The molecule has 2 amide bonds. The summed E-state index contributed by atoms with van der Waals surface area (Å²) in [6.45, 7) is 0.0113. The highest BCUT2D eigenvalue weighted by Gasteiger charge is 2.34. The van der Waals surface area contributed by atoms with Gasteiger partial charge in [-0.1, -0.05) is 66.7 Å². The number of aliphatic hydroxyl groups excluding tert-OH is 2. The smallest absolute Gasteiger partial charge is 0.251 e. The van der Waals surface area contributed by atoms with Crippen LogP contribution < -0.4 is 10.6 Å². The molecule has 0 unspecified atom stereocenters. The van der Waals surface area contributed by atoms with Crippen LogP contribution in [0.5, 0.6) is 0 Å². The van der Waals surface area contributed by atoms with Crippen molar-refractivity contribution in [2.45, 2.75) is 43.4 Å². The minimum Gasteiger partial charge on any atom is -0.391 e. The molecular weight excluding hydrogens is 476 g/mol. The molecule has 0 fully saturated rings. The number of halogens is 1. The lowest BCUT2D eigenvalue weighted by atomic mass is 9.92.